The third-order valence-electron chi connectivity index (χ3n) is 3.26. The first-order valence-corrected chi connectivity index (χ1v) is 5.90. The zero-order valence-corrected chi connectivity index (χ0v) is 10.2. The zero-order valence-electron chi connectivity index (χ0n) is 10.2. The summed E-state index contributed by atoms with van der Waals surface area (Å²) in [5.74, 6) is -0.116. The third-order valence-corrected chi connectivity index (χ3v) is 3.26. The molecule has 0 unspecified atom stereocenters. The Balaban J connectivity index is 2.07. The van der Waals surface area contributed by atoms with Gasteiger partial charge in [0.05, 0.1) is 6.33 Å². The minimum atomic E-state index is -1.24. The highest BCUT2D eigenvalue weighted by molar-refractivity contribution is 5.81. The van der Waals surface area contributed by atoms with Gasteiger partial charge in [-0.2, -0.15) is 14.4 Å². The predicted octanol–water partition coefficient (Wildman–Crippen LogP) is -1.87. The van der Waals surface area contributed by atoms with E-state index in [4.69, 9.17) is 16.2 Å². The molecule has 0 saturated carbocycles. The van der Waals surface area contributed by atoms with Crippen molar-refractivity contribution in [3.63, 3.8) is 0 Å². The van der Waals surface area contributed by atoms with E-state index < -0.39 is 30.6 Å². The number of anilines is 1. The van der Waals surface area contributed by atoms with E-state index in [0.29, 0.717) is 0 Å². The summed E-state index contributed by atoms with van der Waals surface area (Å²) in [7, 11) is 0. The van der Waals surface area contributed by atoms with Crippen molar-refractivity contribution in [1.82, 2.24) is 19.5 Å². The molecule has 10 heteroatoms. The molecule has 0 amide bonds. The van der Waals surface area contributed by atoms with E-state index >= 15 is 0 Å². The molecule has 2 aromatic heterocycles. The Morgan fingerprint density at radius 1 is 1.35 bits per heavy atom. The fourth-order valence-electron chi connectivity index (χ4n) is 2.25. The van der Waals surface area contributed by atoms with Gasteiger partial charge >= 0.3 is 6.08 Å². The topological polar surface area (TPSA) is 145 Å². The number of aliphatic hydroxyl groups is 2. The second kappa shape index (κ2) is 4.59. The van der Waals surface area contributed by atoms with Gasteiger partial charge in [-0.3, -0.25) is 4.57 Å². The Hall–Kier alpha value is -1.88. The fourth-order valence-corrected chi connectivity index (χ4v) is 2.25. The van der Waals surface area contributed by atoms with Crippen molar-refractivity contribution >= 4 is 17.0 Å². The number of hydrogen-bond acceptors (Lipinski definition) is 8. The summed E-state index contributed by atoms with van der Waals surface area (Å²) in [6, 6.07) is 0. The molecule has 4 atom stereocenters. The summed E-state index contributed by atoms with van der Waals surface area (Å²) in [5, 5.41) is 19.8. The van der Waals surface area contributed by atoms with Crippen molar-refractivity contribution in [2.45, 2.75) is 24.5 Å². The average Bonchev–Trinajstić information content (AvgIpc) is 2.93. The van der Waals surface area contributed by atoms with Crippen LogP contribution in [0, 0.1) is 6.08 Å². The van der Waals surface area contributed by atoms with Gasteiger partial charge in [-0.25, -0.2) is 4.98 Å². The first-order chi connectivity index (χ1) is 9.52. The molecule has 0 radical (unpaired) electrons. The highest BCUT2D eigenvalue weighted by atomic mass is 19.1. The molecule has 3 rings (SSSR count). The molecule has 6 N–H and O–H groups in total. The van der Waals surface area contributed by atoms with Crippen LogP contribution in [0.1, 0.15) is 6.23 Å². The Morgan fingerprint density at radius 2 is 2.10 bits per heavy atom. The molecule has 2 aromatic rings. The van der Waals surface area contributed by atoms with Crippen LogP contribution in [0.25, 0.3) is 11.2 Å². The minimum absolute atomic E-state index is 0.0346. The number of aliphatic hydroxyl groups excluding tert-OH is 2. The lowest BCUT2D eigenvalue weighted by Crippen LogP contribution is -2.35. The maximum absolute atomic E-state index is 13.2. The van der Waals surface area contributed by atoms with Gasteiger partial charge in [0.1, 0.15) is 18.3 Å². The predicted molar refractivity (Wildman–Crippen MR) is 64.7 cm³/mol. The maximum Gasteiger partial charge on any atom is 0.312 e. The number of hydrogen-bond donors (Lipinski definition) is 4. The van der Waals surface area contributed by atoms with Crippen LogP contribution >= 0.6 is 0 Å². The molecule has 1 saturated heterocycles. The molecule has 1 aliphatic rings. The summed E-state index contributed by atoms with van der Waals surface area (Å²) in [4.78, 5) is 10.9. The number of rotatable bonds is 2. The summed E-state index contributed by atoms with van der Waals surface area (Å²) >= 11 is 0. The molecule has 20 heavy (non-hydrogen) atoms. The molecule has 0 aliphatic carbocycles. The second-order valence-electron chi connectivity index (χ2n) is 4.48. The van der Waals surface area contributed by atoms with E-state index in [2.05, 4.69) is 15.0 Å². The molecule has 1 aliphatic heterocycles. The summed E-state index contributed by atoms with van der Waals surface area (Å²) in [5.41, 5.74) is 11.2. The highest BCUT2D eigenvalue weighted by Crippen LogP contribution is 2.31. The van der Waals surface area contributed by atoms with E-state index in [1.807, 2.05) is 0 Å². The number of nitrogens with zero attached hydrogens (tertiary/aromatic N) is 4. The van der Waals surface area contributed by atoms with E-state index in [1.54, 1.807) is 0 Å². The second-order valence-corrected chi connectivity index (χ2v) is 4.48. The number of nitrogen functional groups attached to an aromatic ring is 1. The fraction of sp³-hybridized carbons (Fsp3) is 0.500. The molecular formula is C10H13FN6O3. The Kier molecular flexibility index (Phi) is 3.01. The normalized spacial score (nSPS) is 30.2. The highest BCUT2D eigenvalue weighted by Gasteiger charge is 2.43. The van der Waals surface area contributed by atoms with Gasteiger partial charge in [-0.1, -0.05) is 0 Å². The lowest BCUT2D eigenvalue weighted by Gasteiger charge is -2.16. The van der Waals surface area contributed by atoms with Gasteiger partial charge in [0.25, 0.3) is 0 Å². The SMILES string of the molecule is NC[C@H]1O[C@@H](n2cnc3c(N)nc(F)nc32)[C@@H](O)[C@H]1O. The summed E-state index contributed by atoms with van der Waals surface area (Å²) in [6.07, 6.45) is -3.81. The molecule has 1 fully saturated rings. The quantitative estimate of drug-likeness (QED) is 0.469. The van der Waals surface area contributed by atoms with E-state index in [1.165, 1.54) is 10.9 Å². The first kappa shape index (κ1) is 13.1. The largest absolute Gasteiger partial charge is 0.387 e. The number of halogens is 1. The lowest BCUT2D eigenvalue weighted by molar-refractivity contribution is -0.0322. The number of aromatic nitrogens is 4. The average molecular weight is 284 g/mol. The molecule has 0 bridgehead atoms. The van der Waals surface area contributed by atoms with Crippen LogP contribution < -0.4 is 11.5 Å². The van der Waals surface area contributed by atoms with E-state index in [9.17, 15) is 14.6 Å². The van der Waals surface area contributed by atoms with Crippen molar-refractivity contribution < 1.29 is 19.3 Å². The Bertz CT molecular complexity index is 649. The number of fused-ring (bicyclic) bond motifs is 1. The van der Waals surface area contributed by atoms with Crippen LogP contribution in [-0.2, 0) is 4.74 Å². The summed E-state index contributed by atoms with van der Waals surface area (Å²) < 4.78 is 20.0. The lowest BCUT2D eigenvalue weighted by atomic mass is 10.1. The number of ether oxygens (including phenoxy) is 1. The molecule has 0 aromatic carbocycles. The van der Waals surface area contributed by atoms with Gasteiger partial charge in [0, 0.05) is 6.54 Å². The monoisotopic (exact) mass is 284 g/mol. The van der Waals surface area contributed by atoms with Crippen molar-refractivity contribution in [3.05, 3.63) is 12.4 Å². The van der Waals surface area contributed by atoms with E-state index in [-0.39, 0.29) is 23.5 Å². The van der Waals surface area contributed by atoms with Crippen LogP contribution in [0.15, 0.2) is 6.33 Å². The summed E-state index contributed by atoms with van der Waals surface area (Å²) in [6.45, 7) is 0.0346. The molecule has 108 valence electrons. The van der Waals surface area contributed by atoms with Crippen LogP contribution in [0.4, 0.5) is 10.2 Å². The standard InChI is InChI=1S/C10H13FN6O3/c11-10-15-7(13)4-8(16-10)17(2-14-4)9-6(19)5(18)3(1-12)20-9/h2-3,5-6,9,18-19H,1,12H2,(H2,13,15,16)/t3-,5+,6+,9-/m1/s1. The van der Waals surface area contributed by atoms with Crippen molar-refractivity contribution in [2.75, 3.05) is 12.3 Å². The van der Waals surface area contributed by atoms with Crippen molar-refractivity contribution in [3.8, 4) is 0 Å². The van der Waals surface area contributed by atoms with Gasteiger partial charge in [0.2, 0.25) is 0 Å². The van der Waals surface area contributed by atoms with Crippen LogP contribution in [0.5, 0.6) is 0 Å². The Labute approximate surface area is 112 Å². The number of imidazole rings is 1. The van der Waals surface area contributed by atoms with Gasteiger partial charge < -0.3 is 26.4 Å². The molecule has 9 nitrogen and oxygen atoms in total. The van der Waals surface area contributed by atoms with Crippen LogP contribution in [0.2, 0.25) is 0 Å². The van der Waals surface area contributed by atoms with Crippen molar-refractivity contribution in [2.24, 2.45) is 5.73 Å². The van der Waals surface area contributed by atoms with Crippen molar-refractivity contribution in [1.29, 1.82) is 0 Å². The third kappa shape index (κ3) is 1.81. The number of nitrogens with two attached hydrogens (primary N) is 2. The Morgan fingerprint density at radius 3 is 2.75 bits per heavy atom. The minimum Gasteiger partial charge on any atom is -0.387 e. The molecular weight excluding hydrogens is 271 g/mol. The first-order valence-electron chi connectivity index (χ1n) is 5.90. The van der Waals surface area contributed by atoms with Crippen LogP contribution in [-0.4, -0.2) is 54.6 Å². The van der Waals surface area contributed by atoms with Gasteiger partial charge in [-0.05, 0) is 0 Å². The van der Waals surface area contributed by atoms with Gasteiger partial charge in [0.15, 0.2) is 23.2 Å². The van der Waals surface area contributed by atoms with E-state index in [0.717, 1.165) is 0 Å². The smallest absolute Gasteiger partial charge is 0.312 e. The molecule has 0 spiro atoms. The van der Waals surface area contributed by atoms with Crippen LogP contribution in [0.3, 0.4) is 0 Å². The zero-order chi connectivity index (χ0) is 14.4. The molecule has 3 heterocycles. The van der Waals surface area contributed by atoms with Gasteiger partial charge in [-0.15, -0.1) is 0 Å². The maximum atomic E-state index is 13.2.